The summed E-state index contributed by atoms with van der Waals surface area (Å²) in [5.41, 5.74) is 0.688. The van der Waals surface area contributed by atoms with Crippen molar-refractivity contribution in [3.8, 4) is 0 Å². The molecular weight excluding hydrogens is 262 g/mol. The Hall–Kier alpha value is -1.33. The maximum atomic E-state index is 11.5. The third-order valence-electron chi connectivity index (χ3n) is 2.48. The molecule has 1 amide bonds. The van der Waals surface area contributed by atoms with Crippen molar-refractivity contribution in [2.45, 2.75) is 18.2 Å². The lowest BCUT2D eigenvalue weighted by Crippen LogP contribution is -2.26. The molecule has 0 spiro atoms. The van der Waals surface area contributed by atoms with E-state index in [0.717, 1.165) is 11.3 Å². The molecule has 0 aliphatic carbocycles. The molecule has 19 heavy (non-hydrogen) atoms. The van der Waals surface area contributed by atoms with Crippen LogP contribution in [0.4, 0.5) is 0 Å². The summed E-state index contributed by atoms with van der Waals surface area (Å²) in [5, 5.41) is 2.82. The Labute approximate surface area is 117 Å². The molecule has 0 aliphatic heterocycles. The van der Waals surface area contributed by atoms with Crippen molar-refractivity contribution in [2.24, 2.45) is 0 Å². The number of hydrogen-bond acceptors (Lipinski definition) is 4. The lowest BCUT2D eigenvalue weighted by molar-refractivity contribution is -0.118. The summed E-state index contributed by atoms with van der Waals surface area (Å²) >= 11 is 1.46. The Morgan fingerprint density at radius 3 is 2.53 bits per heavy atom. The van der Waals surface area contributed by atoms with E-state index in [1.807, 2.05) is 12.1 Å². The van der Waals surface area contributed by atoms with E-state index in [-0.39, 0.29) is 11.7 Å². The summed E-state index contributed by atoms with van der Waals surface area (Å²) in [6.45, 7) is 2.83. The summed E-state index contributed by atoms with van der Waals surface area (Å²) < 4.78 is 4.90. The largest absolute Gasteiger partial charge is 0.385 e. The molecule has 0 fully saturated rings. The van der Waals surface area contributed by atoms with Crippen molar-refractivity contribution in [1.82, 2.24) is 5.32 Å². The third kappa shape index (κ3) is 6.40. The first kappa shape index (κ1) is 15.7. The van der Waals surface area contributed by atoms with Gasteiger partial charge in [0.15, 0.2) is 5.78 Å². The van der Waals surface area contributed by atoms with Crippen LogP contribution in [0.2, 0.25) is 0 Å². The summed E-state index contributed by atoms with van der Waals surface area (Å²) in [6, 6.07) is 7.28. The number of amides is 1. The molecule has 5 heteroatoms. The van der Waals surface area contributed by atoms with Crippen molar-refractivity contribution < 1.29 is 14.3 Å². The molecule has 4 nitrogen and oxygen atoms in total. The number of carbonyl (C=O) groups excluding carboxylic acids is 2. The summed E-state index contributed by atoms with van der Waals surface area (Å²) in [5.74, 6) is 0.441. The highest BCUT2D eigenvalue weighted by Gasteiger charge is 2.03. The number of Topliss-reactive ketones (excluding diaryl/α,β-unsaturated/α-hetero) is 1. The summed E-state index contributed by atoms with van der Waals surface area (Å²) in [7, 11) is 1.64. The fraction of sp³-hybridized carbons (Fsp3) is 0.429. The van der Waals surface area contributed by atoms with Gasteiger partial charge in [-0.1, -0.05) is 12.1 Å². The predicted molar refractivity (Wildman–Crippen MR) is 76.7 cm³/mol. The van der Waals surface area contributed by atoms with Crippen LogP contribution in [0.3, 0.4) is 0 Å². The number of carbonyl (C=O) groups is 2. The van der Waals surface area contributed by atoms with Crippen molar-refractivity contribution in [1.29, 1.82) is 0 Å². The van der Waals surface area contributed by atoms with Gasteiger partial charge in [0.2, 0.25) is 5.91 Å². The minimum Gasteiger partial charge on any atom is -0.385 e. The second kappa shape index (κ2) is 8.72. The van der Waals surface area contributed by atoms with E-state index < -0.39 is 0 Å². The van der Waals surface area contributed by atoms with Crippen LogP contribution in [0.5, 0.6) is 0 Å². The predicted octanol–water partition coefficient (Wildman–Crippen LogP) is 2.13. The SMILES string of the molecule is COCCCNC(=O)CSc1ccc(C(C)=O)cc1. The number of methoxy groups -OCH3 is 1. The number of ether oxygens (including phenoxy) is 1. The average Bonchev–Trinajstić information content (AvgIpc) is 2.42. The number of thioether (sulfide) groups is 1. The van der Waals surface area contributed by atoms with Gasteiger partial charge in [0.25, 0.3) is 0 Å². The molecule has 0 bridgehead atoms. The minimum absolute atomic E-state index is 0.0109. The molecule has 0 atom stereocenters. The maximum absolute atomic E-state index is 11.5. The van der Waals surface area contributed by atoms with Gasteiger partial charge in [-0.3, -0.25) is 9.59 Å². The average molecular weight is 281 g/mol. The van der Waals surface area contributed by atoms with Gasteiger partial charge >= 0.3 is 0 Å². The normalized spacial score (nSPS) is 10.2. The Bertz CT molecular complexity index is 417. The van der Waals surface area contributed by atoms with Gasteiger partial charge in [-0.2, -0.15) is 0 Å². The number of hydrogen-bond donors (Lipinski definition) is 1. The van der Waals surface area contributed by atoms with Crippen LogP contribution < -0.4 is 5.32 Å². The van der Waals surface area contributed by atoms with E-state index >= 15 is 0 Å². The quantitative estimate of drug-likeness (QED) is 0.450. The zero-order valence-corrected chi connectivity index (χ0v) is 12.1. The standard InChI is InChI=1S/C14H19NO3S/c1-11(16)12-4-6-13(7-5-12)19-10-14(17)15-8-3-9-18-2/h4-7H,3,8-10H2,1-2H3,(H,15,17). The zero-order valence-electron chi connectivity index (χ0n) is 11.3. The van der Waals surface area contributed by atoms with Crippen LogP contribution in [-0.2, 0) is 9.53 Å². The van der Waals surface area contributed by atoms with Gasteiger partial charge in [0.1, 0.15) is 0 Å². The molecule has 1 aromatic carbocycles. The van der Waals surface area contributed by atoms with Gasteiger partial charge in [-0.05, 0) is 25.5 Å². The number of ketones is 1. The van der Waals surface area contributed by atoms with E-state index in [2.05, 4.69) is 5.32 Å². The van der Waals surface area contributed by atoms with Gasteiger partial charge in [0, 0.05) is 30.7 Å². The third-order valence-corrected chi connectivity index (χ3v) is 3.49. The first-order chi connectivity index (χ1) is 9.13. The Morgan fingerprint density at radius 2 is 1.95 bits per heavy atom. The number of nitrogens with one attached hydrogen (secondary N) is 1. The number of benzene rings is 1. The van der Waals surface area contributed by atoms with E-state index in [9.17, 15) is 9.59 Å². The first-order valence-corrected chi connectivity index (χ1v) is 7.11. The van der Waals surface area contributed by atoms with Crippen LogP contribution in [0.15, 0.2) is 29.2 Å². The van der Waals surface area contributed by atoms with Crippen LogP contribution in [0, 0.1) is 0 Å². The molecule has 0 saturated carbocycles. The first-order valence-electron chi connectivity index (χ1n) is 6.13. The van der Waals surface area contributed by atoms with E-state index in [0.29, 0.717) is 24.5 Å². The maximum Gasteiger partial charge on any atom is 0.230 e. The lowest BCUT2D eigenvalue weighted by atomic mass is 10.2. The molecule has 1 N–H and O–H groups in total. The van der Waals surface area contributed by atoms with E-state index in [4.69, 9.17) is 4.74 Å². The Morgan fingerprint density at radius 1 is 1.26 bits per heavy atom. The highest BCUT2D eigenvalue weighted by Crippen LogP contribution is 2.18. The molecule has 0 heterocycles. The summed E-state index contributed by atoms with van der Waals surface area (Å²) in [6.07, 6.45) is 0.820. The molecule has 1 rings (SSSR count). The molecule has 0 radical (unpaired) electrons. The second-order valence-electron chi connectivity index (χ2n) is 4.07. The van der Waals surface area contributed by atoms with Crippen LogP contribution >= 0.6 is 11.8 Å². The Kier molecular flexibility index (Phi) is 7.22. The van der Waals surface area contributed by atoms with Gasteiger partial charge < -0.3 is 10.1 Å². The van der Waals surface area contributed by atoms with Gasteiger partial charge in [0.05, 0.1) is 5.75 Å². The molecule has 0 saturated heterocycles. The highest BCUT2D eigenvalue weighted by atomic mass is 32.2. The monoisotopic (exact) mass is 281 g/mol. The fourth-order valence-corrected chi connectivity index (χ4v) is 2.16. The van der Waals surface area contributed by atoms with E-state index in [1.54, 1.807) is 19.2 Å². The summed E-state index contributed by atoms with van der Waals surface area (Å²) in [4.78, 5) is 23.6. The number of rotatable bonds is 8. The zero-order chi connectivity index (χ0) is 14.1. The van der Waals surface area contributed by atoms with Crippen molar-refractivity contribution >= 4 is 23.5 Å². The smallest absolute Gasteiger partial charge is 0.230 e. The fourth-order valence-electron chi connectivity index (χ4n) is 1.43. The molecule has 104 valence electrons. The second-order valence-corrected chi connectivity index (χ2v) is 5.11. The van der Waals surface area contributed by atoms with Crippen molar-refractivity contribution in [3.05, 3.63) is 29.8 Å². The van der Waals surface area contributed by atoms with Crippen LogP contribution in [0.25, 0.3) is 0 Å². The van der Waals surface area contributed by atoms with Gasteiger partial charge in [-0.25, -0.2) is 0 Å². The van der Waals surface area contributed by atoms with Crippen molar-refractivity contribution in [3.63, 3.8) is 0 Å². The van der Waals surface area contributed by atoms with Crippen molar-refractivity contribution in [2.75, 3.05) is 26.0 Å². The molecule has 0 unspecified atom stereocenters. The molecule has 0 aliphatic rings. The molecule has 0 aromatic heterocycles. The van der Waals surface area contributed by atoms with E-state index in [1.165, 1.54) is 18.7 Å². The topological polar surface area (TPSA) is 55.4 Å². The molecule has 1 aromatic rings. The lowest BCUT2D eigenvalue weighted by Gasteiger charge is -2.05. The van der Waals surface area contributed by atoms with Gasteiger partial charge in [-0.15, -0.1) is 11.8 Å². The van der Waals surface area contributed by atoms with Crippen LogP contribution in [-0.4, -0.2) is 37.7 Å². The molecular formula is C14H19NO3S. The highest BCUT2D eigenvalue weighted by molar-refractivity contribution is 8.00. The Balaban J connectivity index is 2.28. The van der Waals surface area contributed by atoms with Crippen LogP contribution in [0.1, 0.15) is 23.7 Å². The minimum atomic E-state index is 0.0109.